The molecular weight excluding hydrogens is 364 g/mol. The zero-order chi connectivity index (χ0) is 19.0. The molecule has 1 aliphatic heterocycles. The number of hydrogen-bond donors (Lipinski definition) is 0. The molecule has 0 spiro atoms. The number of halogens is 1. The zero-order valence-electron chi connectivity index (χ0n) is 14.9. The molecule has 6 nitrogen and oxygen atoms in total. The first-order chi connectivity index (χ1) is 13.0. The van der Waals surface area contributed by atoms with Gasteiger partial charge < -0.3 is 14.2 Å². The van der Waals surface area contributed by atoms with Gasteiger partial charge in [0, 0.05) is 25.0 Å². The fourth-order valence-electron chi connectivity index (χ4n) is 3.46. The highest BCUT2D eigenvalue weighted by Crippen LogP contribution is 2.28. The number of imidazole rings is 1. The van der Waals surface area contributed by atoms with Gasteiger partial charge in [-0.15, -0.1) is 0 Å². The first-order valence-corrected chi connectivity index (χ1v) is 9.17. The van der Waals surface area contributed by atoms with Gasteiger partial charge in [-0.05, 0) is 31.2 Å². The van der Waals surface area contributed by atoms with Gasteiger partial charge in [-0.3, -0.25) is 9.59 Å². The standard InChI is InChI=1S/C20H19ClN4O2/c1-14-12-25(17-7-3-2-6-16(17)21)20(27)13-24(14)19(26)10-15-11-22-18-8-4-5-9-23(15)18/h2-9,11,14H,10,12-13H2,1H3/t14-/m1/s1. The van der Waals surface area contributed by atoms with E-state index in [4.69, 9.17) is 11.6 Å². The van der Waals surface area contributed by atoms with Crippen molar-refractivity contribution < 1.29 is 9.59 Å². The molecule has 0 N–H and O–H groups in total. The van der Waals surface area contributed by atoms with E-state index in [0.29, 0.717) is 17.3 Å². The van der Waals surface area contributed by atoms with Crippen LogP contribution in [0.15, 0.2) is 54.9 Å². The SMILES string of the molecule is C[C@@H]1CN(c2ccccc2Cl)C(=O)CN1C(=O)Cc1cnc2ccccn12. The summed E-state index contributed by atoms with van der Waals surface area (Å²) in [6.07, 6.45) is 3.80. The number of rotatable bonds is 3. The van der Waals surface area contributed by atoms with E-state index in [2.05, 4.69) is 4.98 Å². The van der Waals surface area contributed by atoms with Gasteiger partial charge in [-0.25, -0.2) is 4.98 Å². The van der Waals surface area contributed by atoms with Crippen molar-refractivity contribution >= 4 is 34.7 Å². The first kappa shape index (κ1) is 17.5. The molecule has 0 unspecified atom stereocenters. The van der Waals surface area contributed by atoms with E-state index in [1.165, 1.54) is 0 Å². The number of nitrogens with zero attached hydrogens (tertiary/aromatic N) is 4. The molecule has 3 aromatic rings. The highest BCUT2D eigenvalue weighted by atomic mass is 35.5. The smallest absolute Gasteiger partial charge is 0.246 e. The summed E-state index contributed by atoms with van der Waals surface area (Å²) in [4.78, 5) is 33.2. The van der Waals surface area contributed by atoms with E-state index in [-0.39, 0.29) is 30.8 Å². The number of benzene rings is 1. The van der Waals surface area contributed by atoms with E-state index in [0.717, 1.165) is 11.3 Å². The predicted octanol–water partition coefficient (Wildman–Crippen LogP) is 2.79. The molecule has 138 valence electrons. The second-order valence-electron chi connectivity index (χ2n) is 6.68. The molecule has 1 saturated heterocycles. The van der Waals surface area contributed by atoms with E-state index in [1.807, 2.05) is 53.9 Å². The van der Waals surface area contributed by atoms with Crippen LogP contribution >= 0.6 is 11.6 Å². The van der Waals surface area contributed by atoms with E-state index >= 15 is 0 Å². The third-order valence-corrected chi connectivity index (χ3v) is 5.19. The van der Waals surface area contributed by atoms with Crippen LogP contribution in [-0.2, 0) is 16.0 Å². The summed E-state index contributed by atoms with van der Waals surface area (Å²) < 4.78 is 1.89. The minimum absolute atomic E-state index is 0.0436. The van der Waals surface area contributed by atoms with E-state index < -0.39 is 0 Å². The maximum Gasteiger partial charge on any atom is 0.246 e. The highest BCUT2D eigenvalue weighted by Gasteiger charge is 2.34. The number of hydrogen-bond acceptors (Lipinski definition) is 3. The van der Waals surface area contributed by atoms with E-state index in [9.17, 15) is 9.59 Å². The van der Waals surface area contributed by atoms with Gasteiger partial charge in [-0.1, -0.05) is 29.8 Å². The van der Waals surface area contributed by atoms with Crippen LogP contribution in [0.25, 0.3) is 5.65 Å². The van der Waals surface area contributed by atoms with Gasteiger partial charge in [0.15, 0.2) is 0 Å². The molecule has 0 radical (unpaired) electrons. The second kappa shape index (κ2) is 7.04. The van der Waals surface area contributed by atoms with Crippen LogP contribution in [0.5, 0.6) is 0 Å². The van der Waals surface area contributed by atoms with Crippen LogP contribution in [0, 0.1) is 0 Å². The molecule has 7 heteroatoms. The lowest BCUT2D eigenvalue weighted by Gasteiger charge is -2.39. The Morgan fingerprint density at radius 3 is 2.81 bits per heavy atom. The molecule has 0 saturated carbocycles. The van der Waals surface area contributed by atoms with Gasteiger partial charge >= 0.3 is 0 Å². The molecule has 1 aliphatic rings. The molecule has 1 aromatic carbocycles. The Kier molecular flexibility index (Phi) is 4.58. The fourth-order valence-corrected chi connectivity index (χ4v) is 3.70. The summed E-state index contributed by atoms with van der Waals surface area (Å²) in [5.74, 6) is -0.215. The van der Waals surface area contributed by atoms with Crippen molar-refractivity contribution in [1.82, 2.24) is 14.3 Å². The minimum Gasteiger partial charge on any atom is -0.329 e. The van der Waals surface area contributed by atoms with Crippen LogP contribution in [0.2, 0.25) is 5.02 Å². The van der Waals surface area contributed by atoms with Gasteiger partial charge in [0.05, 0.1) is 22.8 Å². The van der Waals surface area contributed by atoms with Crippen molar-refractivity contribution in [3.05, 3.63) is 65.6 Å². The first-order valence-electron chi connectivity index (χ1n) is 8.80. The Labute approximate surface area is 162 Å². The largest absolute Gasteiger partial charge is 0.329 e. The lowest BCUT2D eigenvalue weighted by atomic mass is 10.1. The van der Waals surface area contributed by atoms with Crippen LogP contribution in [0.4, 0.5) is 5.69 Å². The Bertz CT molecular complexity index is 1020. The average Bonchev–Trinajstić information content (AvgIpc) is 3.07. The number of aromatic nitrogens is 2. The summed E-state index contributed by atoms with van der Waals surface area (Å²) in [7, 11) is 0. The molecule has 2 aromatic heterocycles. The number of para-hydroxylation sites is 1. The van der Waals surface area contributed by atoms with Crippen molar-refractivity contribution in [3.8, 4) is 0 Å². The van der Waals surface area contributed by atoms with Crippen molar-refractivity contribution in [3.63, 3.8) is 0 Å². The fraction of sp³-hybridized carbons (Fsp3) is 0.250. The molecule has 0 bridgehead atoms. The van der Waals surface area contributed by atoms with Crippen molar-refractivity contribution in [2.24, 2.45) is 0 Å². The lowest BCUT2D eigenvalue weighted by Crippen LogP contribution is -2.57. The van der Waals surface area contributed by atoms with Crippen LogP contribution in [0.3, 0.4) is 0 Å². The van der Waals surface area contributed by atoms with Crippen LogP contribution in [-0.4, -0.2) is 45.2 Å². The van der Waals surface area contributed by atoms with Crippen molar-refractivity contribution in [2.75, 3.05) is 18.0 Å². The topological polar surface area (TPSA) is 57.9 Å². The van der Waals surface area contributed by atoms with Crippen LogP contribution in [0.1, 0.15) is 12.6 Å². The number of amides is 2. The Morgan fingerprint density at radius 1 is 1.22 bits per heavy atom. The third-order valence-electron chi connectivity index (χ3n) is 4.88. The zero-order valence-corrected chi connectivity index (χ0v) is 15.6. The lowest BCUT2D eigenvalue weighted by molar-refractivity contribution is -0.138. The monoisotopic (exact) mass is 382 g/mol. The van der Waals surface area contributed by atoms with Gasteiger partial charge in [0.2, 0.25) is 11.8 Å². The quantitative estimate of drug-likeness (QED) is 0.700. The number of carbonyl (C=O) groups is 2. The van der Waals surface area contributed by atoms with Gasteiger partial charge in [-0.2, -0.15) is 0 Å². The van der Waals surface area contributed by atoms with Crippen LogP contribution < -0.4 is 4.90 Å². The molecule has 3 heterocycles. The van der Waals surface area contributed by atoms with E-state index in [1.54, 1.807) is 22.1 Å². The van der Waals surface area contributed by atoms with Gasteiger partial charge in [0.25, 0.3) is 0 Å². The summed E-state index contributed by atoms with van der Waals surface area (Å²) >= 11 is 6.24. The summed E-state index contributed by atoms with van der Waals surface area (Å²) in [5, 5.41) is 0.531. The third kappa shape index (κ3) is 3.28. The Hall–Kier alpha value is -2.86. The summed E-state index contributed by atoms with van der Waals surface area (Å²) in [6.45, 7) is 2.41. The number of pyridine rings is 1. The highest BCUT2D eigenvalue weighted by molar-refractivity contribution is 6.33. The second-order valence-corrected chi connectivity index (χ2v) is 7.09. The maximum absolute atomic E-state index is 12.9. The van der Waals surface area contributed by atoms with Crippen molar-refractivity contribution in [2.45, 2.75) is 19.4 Å². The maximum atomic E-state index is 12.9. The summed E-state index contributed by atoms with van der Waals surface area (Å²) in [5.41, 5.74) is 2.29. The number of fused-ring (bicyclic) bond motifs is 1. The number of piperazine rings is 1. The predicted molar refractivity (Wildman–Crippen MR) is 104 cm³/mol. The molecule has 4 rings (SSSR count). The molecule has 0 aliphatic carbocycles. The minimum atomic E-state index is -0.132. The number of carbonyl (C=O) groups excluding carboxylic acids is 2. The normalized spacial score (nSPS) is 17.6. The molecule has 1 fully saturated rings. The molecule has 2 amide bonds. The van der Waals surface area contributed by atoms with Crippen molar-refractivity contribution in [1.29, 1.82) is 0 Å². The summed E-state index contributed by atoms with van der Waals surface area (Å²) in [6, 6.07) is 12.9. The molecular formula is C20H19ClN4O2. The van der Waals surface area contributed by atoms with Gasteiger partial charge in [0.1, 0.15) is 12.2 Å². The molecule has 1 atom stereocenters. The Balaban J connectivity index is 1.51. The number of anilines is 1. The molecule has 27 heavy (non-hydrogen) atoms. The average molecular weight is 383 g/mol. The Morgan fingerprint density at radius 2 is 2.00 bits per heavy atom.